The highest BCUT2D eigenvalue weighted by molar-refractivity contribution is 5.83. The lowest BCUT2D eigenvalue weighted by atomic mass is 10.0. The number of rotatable bonds is 9. The average Bonchev–Trinajstić information content (AvgIpc) is 2.39. The zero-order chi connectivity index (χ0) is 13.2. The van der Waals surface area contributed by atoms with Crippen molar-refractivity contribution in [2.24, 2.45) is 5.73 Å². The van der Waals surface area contributed by atoms with E-state index in [4.69, 9.17) is 10.5 Å². The monoisotopic (exact) mass is 249 g/mol. The lowest BCUT2D eigenvalue weighted by Crippen LogP contribution is -2.30. The van der Waals surface area contributed by atoms with Crippen molar-refractivity contribution in [1.29, 1.82) is 0 Å². The van der Waals surface area contributed by atoms with Crippen LogP contribution in [0, 0.1) is 0 Å². The van der Waals surface area contributed by atoms with Crippen molar-refractivity contribution < 1.29 is 9.53 Å². The maximum atomic E-state index is 11.6. The third kappa shape index (κ3) is 5.94. The summed E-state index contributed by atoms with van der Waals surface area (Å²) in [5.41, 5.74) is 6.90. The normalized spacial score (nSPS) is 12.3. The van der Waals surface area contributed by atoms with E-state index in [1.807, 2.05) is 37.3 Å². The fourth-order valence-electron chi connectivity index (χ4n) is 1.77. The quantitative estimate of drug-likeness (QED) is 0.685. The molecule has 18 heavy (non-hydrogen) atoms. The van der Waals surface area contributed by atoms with Crippen LogP contribution in [-0.4, -0.2) is 18.4 Å². The molecular weight excluding hydrogens is 226 g/mol. The molecule has 2 N–H and O–H groups in total. The minimum Gasteiger partial charge on any atom is -0.377 e. The Hall–Kier alpha value is -1.19. The lowest BCUT2D eigenvalue weighted by Gasteiger charge is -2.09. The van der Waals surface area contributed by atoms with E-state index in [1.165, 1.54) is 0 Å². The largest absolute Gasteiger partial charge is 0.377 e. The molecule has 1 atom stereocenters. The standard InChI is InChI=1S/C15H23NO2/c1-2-7-14(16)15(17)10-6-11-18-12-13-8-4-3-5-9-13/h3-5,8-9,14H,2,6-7,10-12,16H2,1H3/t14-/m0/s1. The number of carbonyl (C=O) groups is 1. The van der Waals surface area contributed by atoms with Gasteiger partial charge in [0.05, 0.1) is 12.6 Å². The van der Waals surface area contributed by atoms with Gasteiger partial charge in [-0.3, -0.25) is 4.79 Å². The summed E-state index contributed by atoms with van der Waals surface area (Å²) in [6.45, 7) is 3.26. The van der Waals surface area contributed by atoms with E-state index >= 15 is 0 Å². The van der Waals surface area contributed by atoms with Crippen LogP contribution in [0.15, 0.2) is 30.3 Å². The Bertz CT molecular complexity index is 338. The van der Waals surface area contributed by atoms with Crippen molar-refractivity contribution in [2.45, 2.75) is 45.3 Å². The Morgan fingerprint density at radius 2 is 2.06 bits per heavy atom. The highest BCUT2D eigenvalue weighted by Crippen LogP contribution is 2.04. The van der Waals surface area contributed by atoms with Crippen molar-refractivity contribution >= 4 is 5.78 Å². The van der Waals surface area contributed by atoms with Crippen molar-refractivity contribution in [3.05, 3.63) is 35.9 Å². The zero-order valence-corrected chi connectivity index (χ0v) is 11.1. The lowest BCUT2D eigenvalue weighted by molar-refractivity contribution is -0.120. The average molecular weight is 249 g/mol. The van der Waals surface area contributed by atoms with Gasteiger partial charge in [-0.2, -0.15) is 0 Å². The predicted octanol–water partition coefficient (Wildman–Crippen LogP) is 2.68. The number of hydrogen-bond donors (Lipinski definition) is 1. The third-order valence-electron chi connectivity index (χ3n) is 2.84. The first-order valence-corrected chi connectivity index (χ1v) is 6.64. The summed E-state index contributed by atoms with van der Waals surface area (Å²) >= 11 is 0. The molecule has 100 valence electrons. The molecule has 0 unspecified atom stereocenters. The molecule has 0 spiro atoms. The van der Waals surface area contributed by atoms with E-state index in [2.05, 4.69) is 0 Å². The van der Waals surface area contributed by atoms with Gasteiger partial charge in [-0.25, -0.2) is 0 Å². The molecule has 0 saturated heterocycles. The molecule has 0 saturated carbocycles. The number of hydrogen-bond acceptors (Lipinski definition) is 3. The highest BCUT2D eigenvalue weighted by atomic mass is 16.5. The maximum Gasteiger partial charge on any atom is 0.149 e. The SMILES string of the molecule is CCC[C@H](N)C(=O)CCCOCc1ccccc1. The zero-order valence-electron chi connectivity index (χ0n) is 11.1. The number of ketones is 1. The summed E-state index contributed by atoms with van der Waals surface area (Å²) in [5, 5.41) is 0. The van der Waals surface area contributed by atoms with E-state index in [-0.39, 0.29) is 11.8 Å². The Morgan fingerprint density at radius 3 is 2.72 bits per heavy atom. The Balaban J connectivity index is 2.07. The minimum absolute atomic E-state index is 0.153. The predicted molar refractivity (Wildman–Crippen MR) is 73.2 cm³/mol. The van der Waals surface area contributed by atoms with Gasteiger partial charge in [-0.15, -0.1) is 0 Å². The molecule has 0 heterocycles. The van der Waals surface area contributed by atoms with E-state index in [9.17, 15) is 4.79 Å². The van der Waals surface area contributed by atoms with Gasteiger partial charge in [0.1, 0.15) is 5.78 Å². The van der Waals surface area contributed by atoms with Crippen molar-refractivity contribution in [3.63, 3.8) is 0 Å². The van der Waals surface area contributed by atoms with Crippen molar-refractivity contribution in [3.8, 4) is 0 Å². The van der Waals surface area contributed by atoms with Crippen LogP contribution in [0.5, 0.6) is 0 Å². The molecule has 0 bridgehead atoms. The van der Waals surface area contributed by atoms with E-state index in [0.717, 1.165) is 24.8 Å². The van der Waals surface area contributed by atoms with Gasteiger partial charge in [0, 0.05) is 13.0 Å². The van der Waals surface area contributed by atoms with Crippen LogP contribution in [0.2, 0.25) is 0 Å². The summed E-state index contributed by atoms with van der Waals surface area (Å²) in [4.78, 5) is 11.6. The number of benzene rings is 1. The summed E-state index contributed by atoms with van der Waals surface area (Å²) in [6.07, 6.45) is 3.01. The van der Waals surface area contributed by atoms with Gasteiger partial charge in [0.2, 0.25) is 0 Å². The topological polar surface area (TPSA) is 52.3 Å². The van der Waals surface area contributed by atoms with Gasteiger partial charge in [0.15, 0.2) is 0 Å². The van der Waals surface area contributed by atoms with Crippen LogP contribution in [0.4, 0.5) is 0 Å². The molecule has 0 amide bonds. The maximum absolute atomic E-state index is 11.6. The van der Waals surface area contributed by atoms with Crippen LogP contribution in [0.25, 0.3) is 0 Å². The molecule has 0 aliphatic heterocycles. The summed E-state index contributed by atoms with van der Waals surface area (Å²) in [5.74, 6) is 0.153. The molecular formula is C15H23NO2. The fraction of sp³-hybridized carbons (Fsp3) is 0.533. The van der Waals surface area contributed by atoms with Crippen molar-refractivity contribution in [2.75, 3.05) is 6.61 Å². The summed E-state index contributed by atoms with van der Waals surface area (Å²) < 4.78 is 5.52. The highest BCUT2D eigenvalue weighted by Gasteiger charge is 2.11. The molecule has 1 rings (SSSR count). The van der Waals surface area contributed by atoms with Gasteiger partial charge in [-0.1, -0.05) is 43.7 Å². The van der Waals surface area contributed by atoms with E-state index in [1.54, 1.807) is 0 Å². The minimum atomic E-state index is -0.288. The second-order valence-corrected chi connectivity index (χ2v) is 4.50. The summed E-state index contributed by atoms with van der Waals surface area (Å²) in [6, 6.07) is 9.74. The van der Waals surface area contributed by atoms with Gasteiger partial charge in [-0.05, 0) is 18.4 Å². The number of nitrogens with two attached hydrogens (primary N) is 1. The van der Waals surface area contributed by atoms with Crippen LogP contribution in [0.1, 0.15) is 38.2 Å². The summed E-state index contributed by atoms with van der Waals surface area (Å²) in [7, 11) is 0. The van der Waals surface area contributed by atoms with Crippen LogP contribution < -0.4 is 5.73 Å². The second kappa shape index (κ2) is 8.84. The first kappa shape index (κ1) is 14.9. The fourth-order valence-corrected chi connectivity index (χ4v) is 1.77. The first-order valence-electron chi connectivity index (χ1n) is 6.64. The molecule has 0 aliphatic rings. The number of Topliss-reactive ketones (excluding diaryl/α,β-unsaturated/α-hetero) is 1. The first-order chi connectivity index (χ1) is 8.74. The van der Waals surface area contributed by atoms with Crippen LogP contribution in [-0.2, 0) is 16.1 Å². The van der Waals surface area contributed by atoms with Gasteiger partial charge >= 0.3 is 0 Å². The smallest absolute Gasteiger partial charge is 0.149 e. The Kier molecular flexibility index (Phi) is 7.30. The molecule has 0 aliphatic carbocycles. The Labute approximate surface area is 109 Å². The van der Waals surface area contributed by atoms with Gasteiger partial charge in [0.25, 0.3) is 0 Å². The van der Waals surface area contributed by atoms with Crippen LogP contribution in [0.3, 0.4) is 0 Å². The van der Waals surface area contributed by atoms with E-state index in [0.29, 0.717) is 19.6 Å². The van der Waals surface area contributed by atoms with Crippen molar-refractivity contribution in [1.82, 2.24) is 0 Å². The molecule has 3 heteroatoms. The van der Waals surface area contributed by atoms with Gasteiger partial charge < -0.3 is 10.5 Å². The second-order valence-electron chi connectivity index (χ2n) is 4.50. The van der Waals surface area contributed by atoms with E-state index < -0.39 is 0 Å². The molecule has 1 aromatic carbocycles. The molecule has 0 aromatic heterocycles. The third-order valence-corrected chi connectivity index (χ3v) is 2.84. The molecule has 1 aromatic rings. The molecule has 0 radical (unpaired) electrons. The molecule has 3 nitrogen and oxygen atoms in total. The van der Waals surface area contributed by atoms with Crippen LogP contribution >= 0.6 is 0 Å². The Morgan fingerprint density at radius 1 is 1.33 bits per heavy atom. The number of carbonyl (C=O) groups excluding carboxylic acids is 1. The number of ether oxygens (including phenoxy) is 1. The molecule has 0 fully saturated rings.